The van der Waals surface area contributed by atoms with Crippen molar-refractivity contribution in [2.45, 2.75) is 92.4 Å². The lowest BCUT2D eigenvalue weighted by Crippen LogP contribution is -2.65. The Morgan fingerprint density at radius 3 is 2.37 bits per heavy atom. The maximum absolute atomic E-state index is 11.8. The number of halogens is 1. The number of fused-ring (bicyclic) bond motifs is 7. The molecular formula is C39H52ClNO2. The molecule has 1 aromatic rings. The van der Waals surface area contributed by atoms with Gasteiger partial charge in [0, 0.05) is 0 Å². The van der Waals surface area contributed by atoms with Gasteiger partial charge in [-0.2, -0.15) is 0 Å². The van der Waals surface area contributed by atoms with Gasteiger partial charge in [0.25, 0.3) is 0 Å². The lowest BCUT2D eigenvalue weighted by Gasteiger charge is -2.72. The molecule has 3 nitrogen and oxygen atoms in total. The van der Waals surface area contributed by atoms with Crippen molar-refractivity contribution < 1.29 is 9.63 Å². The summed E-state index contributed by atoms with van der Waals surface area (Å²) in [6.07, 6.45) is 21.6. The van der Waals surface area contributed by atoms with E-state index in [0.717, 1.165) is 18.4 Å². The third kappa shape index (κ3) is 4.49. The number of carbonyl (C=O) groups excluding carboxylic acids is 1. The van der Waals surface area contributed by atoms with Gasteiger partial charge < -0.3 is 4.84 Å². The summed E-state index contributed by atoms with van der Waals surface area (Å²) < 4.78 is 0. The lowest BCUT2D eigenvalue weighted by molar-refractivity contribution is -0.221. The van der Waals surface area contributed by atoms with Crippen molar-refractivity contribution in [1.82, 2.24) is 0 Å². The van der Waals surface area contributed by atoms with Crippen LogP contribution in [0.4, 0.5) is 0 Å². The maximum Gasteiger partial charge on any atom is 0.244 e. The predicted molar refractivity (Wildman–Crippen MR) is 179 cm³/mol. The van der Waals surface area contributed by atoms with Crippen LogP contribution >= 0.6 is 11.6 Å². The van der Waals surface area contributed by atoms with Gasteiger partial charge >= 0.3 is 0 Å². The normalized spacial score (nSPS) is 43.3. The second kappa shape index (κ2) is 10.7. The third-order valence-corrected chi connectivity index (χ3v) is 14.6. The summed E-state index contributed by atoms with van der Waals surface area (Å²) in [4.78, 5) is 16.7. The topological polar surface area (TPSA) is 38.7 Å². The van der Waals surface area contributed by atoms with Crippen LogP contribution in [0.15, 0.2) is 60.3 Å². The molecule has 5 aliphatic carbocycles. The first kappa shape index (κ1) is 30.9. The Kier molecular flexibility index (Phi) is 7.72. The molecule has 0 N–H and O–H groups in total. The summed E-state index contributed by atoms with van der Waals surface area (Å²) in [6, 6.07) is 8.85. The van der Waals surface area contributed by atoms with Crippen LogP contribution in [0.1, 0.15) is 104 Å². The molecule has 232 valence electrons. The van der Waals surface area contributed by atoms with E-state index in [-0.39, 0.29) is 26.9 Å². The quantitative estimate of drug-likeness (QED) is 0.107. The molecule has 0 spiro atoms. The number of rotatable bonds is 6. The minimum Gasteiger partial charge on any atom is -0.399 e. The molecule has 9 atom stereocenters. The van der Waals surface area contributed by atoms with E-state index in [1.165, 1.54) is 56.1 Å². The van der Waals surface area contributed by atoms with Gasteiger partial charge in [-0.25, -0.2) is 0 Å². The van der Waals surface area contributed by atoms with E-state index >= 15 is 0 Å². The van der Waals surface area contributed by atoms with E-state index in [2.05, 4.69) is 88.8 Å². The molecule has 5 aliphatic rings. The number of nitrogens with zero attached hydrogens (tertiary/aromatic N) is 1. The average Bonchev–Trinajstić information content (AvgIpc) is 3.34. The monoisotopic (exact) mass is 601 g/mol. The molecule has 43 heavy (non-hydrogen) atoms. The molecule has 0 saturated heterocycles. The Labute approximate surface area is 265 Å². The zero-order valence-corrected chi connectivity index (χ0v) is 28.1. The number of benzene rings is 1. The van der Waals surface area contributed by atoms with Crippen LogP contribution in [0.3, 0.4) is 0 Å². The highest BCUT2D eigenvalue weighted by atomic mass is 35.5. The van der Waals surface area contributed by atoms with Crippen LogP contribution < -0.4 is 0 Å². The van der Waals surface area contributed by atoms with Gasteiger partial charge in [0.2, 0.25) is 5.24 Å². The number of hydrogen-bond donors (Lipinski definition) is 0. The average molecular weight is 602 g/mol. The van der Waals surface area contributed by atoms with Crippen LogP contribution in [0.5, 0.6) is 0 Å². The largest absolute Gasteiger partial charge is 0.399 e. The molecule has 0 bridgehead atoms. The van der Waals surface area contributed by atoms with Gasteiger partial charge in [-0.05, 0) is 149 Å². The molecule has 0 aromatic heterocycles. The summed E-state index contributed by atoms with van der Waals surface area (Å²) >= 11 is 5.85. The van der Waals surface area contributed by atoms with Gasteiger partial charge in [0.15, 0.2) is 0 Å². The fraction of sp³-hybridized carbons (Fsp3) is 0.641. The number of oxime groups is 1. The molecule has 4 saturated carbocycles. The van der Waals surface area contributed by atoms with Crippen molar-refractivity contribution >= 4 is 28.6 Å². The molecular weight excluding hydrogens is 550 g/mol. The molecule has 1 aromatic carbocycles. The third-order valence-electron chi connectivity index (χ3n) is 14.5. The van der Waals surface area contributed by atoms with E-state index < -0.39 is 0 Å². The van der Waals surface area contributed by atoms with Crippen molar-refractivity contribution in [3.63, 3.8) is 0 Å². The Bertz CT molecular complexity index is 1360. The van der Waals surface area contributed by atoms with Crippen molar-refractivity contribution in [2.75, 3.05) is 7.11 Å². The molecule has 4 fully saturated rings. The Morgan fingerprint density at radius 1 is 0.953 bits per heavy atom. The first-order chi connectivity index (χ1) is 20.4. The number of carbonyl (C=O) groups is 1. The zero-order valence-electron chi connectivity index (χ0n) is 27.3. The van der Waals surface area contributed by atoms with Crippen molar-refractivity contribution in [3.8, 4) is 0 Å². The summed E-state index contributed by atoms with van der Waals surface area (Å²) in [5.74, 6) is 3.11. The Balaban J connectivity index is 1.33. The minimum atomic E-state index is -0.339. The predicted octanol–water partition coefficient (Wildman–Crippen LogP) is 10.2. The van der Waals surface area contributed by atoms with Crippen LogP contribution in [-0.4, -0.2) is 18.6 Å². The first-order valence-electron chi connectivity index (χ1n) is 16.8. The molecule has 4 heteroatoms. The van der Waals surface area contributed by atoms with E-state index in [1.807, 2.05) is 0 Å². The van der Waals surface area contributed by atoms with Gasteiger partial charge in [-0.15, -0.1) is 6.58 Å². The minimum absolute atomic E-state index is 0.0906. The van der Waals surface area contributed by atoms with Gasteiger partial charge in [0.1, 0.15) is 7.11 Å². The molecule has 6 rings (SSSR count). The van der Waals surface area contributed by atoms with E-state index in [9.17, 15) is 4.79 Å². The fourth-order valence-corrected chi connectivity index (χ4v) is 12.5. The van der Waals surface area contributed by atoms with Crippen molar-refractivity contribution in [3.05, 3.63) is 66.3 Å². The number of allylic oxidation sites excluding steroid dienone is 5. The smallest absolute Gasteiger partial charge is 0.244 e. The summed E-state index contributed by atoms with van der Waals surface area (Å²) in [5.41, 5.74) is 4.98. The number of hydrogen-bond acceptors (Lipinski definition) is 3. The highest BCUT2D eigenvalue weighted by Crippen LogP contribution is 2.77. The SMILES string of the molecule is C=C[C@@H]1CC[C@]2(/C=C/C(=O)Cl)CC[C@]3(C)[C@H](CCC4[C@@]5(C)CC=C(c6ccc(/C=N/OC)cc6)C(C)(C)C5CC[C@]43C)C12. The first-order valence-corrected chi connectivity index (χ1v) is 17.1. The van der Waals surface area contributed by atoms with Crippen LogP contribution in [-0.2, 0) is 9.63 Å². The fourth-order valence-electron chi connectivity index (χ4n) is 12.4. The van der Waals surface area contributed by atoms with Crippen molar-refractivity contribution in [1.29, 1.82) is 0 Å². The molecule has 3 unspecified atom stereocenters. The van der Waals surface area contributed by atoms with E-state index in [0.29, 0.717) is 35.0 Å². The second-order valence-corrected chi connectivity index (χ2v) is 16.5. The highest BCUT2D eigenvalue weighted by Gasteiger charge is 2.69. The Hall–Kier alpha value is -2.13. The van der Waals surface area contributed by atoms with Crippen LogP contribution in [0.25, 0.3) is 5.57 Å². The molecule has 0 heterocycles. The highest BCUT2D eigenvalue weighted by molar-refractivity contribution is 6.66. The van der Waals surface area contributed by atoms with Gasteiger partial charge in [-0.1, -0.05) is 82.3 Å². The molecule has 0 radical (unpaired) electrons. The van der Waals surface area contributed by atoms with E-state index in [1.54, 1.807) is 19.4 Å². The summed E-state index contributed by atoms with van der Waals surface area (Å²) in [5, 5.41) is 3.60. The van der Waals surface area contributed by atoms with Gasteiger partial charge in [0.05, 0.1) is 6.21 Å². The van der Waals surface area contributed by atoms with Crippen molar-refractivity contribution in [2.24, 2.45) is 61.8 Å². The maximum atomic E-state index is 11.8. The molecule has 0 amide bonds. The lowest BCUT2D eigenvalue weighted by atomic mass is 9.32. The summed E-state index contributed by atoms with van der Waals surface area (Å²) in [7, 11) is 1.58. The Morgan fingerprint density at radius 2 is 1.70 bits per heavy atom. The van der Waals surface area contributed by atoms with Crippen LogP contribution in [0.2, 0.25) is 0 Å². The van der Waals surface area contributed by atoms with Crippen LogP contribution in [0, 0.1) is 56.7 Å². The summed E-state index contributed by atoms with van der Waals surface area (Å²) in [6.45, 7) is 17.4. The van der Waals surface area contributed by atoms with Gasteiger partial charge in [-0.3, -0.25) is 4.79 Å². The zero-order chi connectivity index (χ0) is 30.8. The molecule has 0 aliphatic heterocycles. The standard InChI is InChI=1S/C39H52ClNO2/c1-8-27-15-21-39(22-18-33(40)42)24-23-37(5)30(34(27)39)13-14-32-36(4)19-16-29(28-11-9-26(10-12-28)25-41-43-7)35(2,3)31(36)17-20-38(32,37)6/h8-12,16,18,22,25,27,30-32,34H,1,13-15,17,19-21,23-24H2,2-7H3/b22-18+,41-25+/t27-,30-,31?,32?,34?,36+,37-,38-,39+/m1/s1. The second-order valence-electron chi connectivity index (χ2n) is 16.1. The van der Waals surface area contributed by atoms with E-state index in [4.69, 9.17) is 16.4 Å².